The van der Waals surface area contributed by atoms with Crippen LogP contribution in [0.2, 0.25) is 0 Å². The molecule has 1 heterocycles. The zero-order valence-corrected chi connectivity index (χ0v) is 16.4. The Balaban J connectivity index is 1.79. The van der Waals surface area contributed by atoms with Gasteiger partial charge < -0.3 is 5.32 Å². The van der Waals surface area contributed by atoms with Gasteiger partial charge in [-0.2, -0.15) is 9.19 Å². The van der Waals surface area contributed by atoms with Crippen molar-refractivity contribution in [2.45, 2.75) is 32.7 Å². The molecule has 3 aromatic rings. The van der Waals surface area contributed by atoms with Crippen LogP contribution in [0.25, 0.3) is 22.0 Å². The number of fused-ring (bicyclic) bond motifs is 1. The van der Waals surface area contributed by atoms with Crippen molar-refractivity contribution >= 4 is 26.8 Å². The first-order chi connectivity index (χ1) is 13.3. The standard InChI is InChI=1S/C20H20FN3O3S/c1-3-28(26,27)24-19-7-4-13(8-15(19)11-22-24)17-9-14(10-18(21)12(17)2)20(25)23-16-5-6-16/h4,7-11,16H,3,5-6H2,1-2H3,(H,23,25). The SMILES string of the molecule is CCS(=O)(=O)n1ncc2cc(-c3cc(C(=O)NC4CC4)cc(F)c3C)ccc21. The molecule has 2 aromatic carbocycles. The second-order valence-electron chi connectivity index (χ2n) is 7.04. The number of amides is 1. The Morgan fingerprint density at radius 2 is 2.04 bits per heavy atom. The van der Waals surface area contributed by atoms with Crippen molar-refractivity contribution in [2.24, 2.45) is 0 Å². The Kier molecular flexibility index (Phi) is 4.45. The summed E-state index contributed by atoms with van der Waals surface area (Å²) in [5.41, 5.74) is 2.45. The molecule has 1 amide bonds. The Labute approximate surface area is 162 Å². The normalized spacial score (nSPS) is 14.4. The van der Waals surface area contributed by atoms with Gasteiger partial charge >= 0.3 is 0 Å². The van der Waals surface area contributed by atoms with Gasteiger partial charge in [-0.05, 0) is 67.6 Å². The number of benzene rings is 2. The summed E-state index contributed by atoms with van der Waals surface area (Å²) in [6, 6.07) is 8.23. The Morgan fingerprint density at radius 3 is 2.71 bits per heavy atom. The molecule has 4 rings (SSSR count). The summed E-state index contributed by atoms with van der Waals surface area (Å²) in [5.74, 6) is -0.804. The molecule has 1 fully saturated rings. The summed E-state index contributed by atoms with van der Waals surface area (Å²) in [5, 5.41) is 7.48. The van der Waals surface area contributed by atoms with Crippen LogP contribution >= 0.6 is 0 Å². The van der Waals surface area contributed by atoms with Crippen LogP contribution in [0.3, 0.4) is 0 Å². The molecule has 1 aliphatic rings. The lowest BCUT2D eigenvalue weighted by atomic mass is 9.96. The van der Waals surface area contributed by atoms with E-state index < -0.39 is 15.8 Å². The molecule has 0 saturated heterocycles. The van der Waals surface area contributed by atoms with E-state index in [0.29, 0.717) is 27.6 Å². The molecule has 8 heteroatoms. The fourth-order valence-electron chi connectivity index (χ4n) is 3.13. The Bertz CT molecular complexity index is 1200. The third-order valence-electron chi connectivity index (χ3n) is 4.99. The smallest absolute Gasteiger partial charge is 0.254 e. The monoisotopic (exact) mass is 401 g/mol. The van der Waals surface area contributed by atoms with Crippen molar-refractivity contribution in [2.75, 3.05) is 5.75 Å². The van der Waals surface area contributed by atoms with E-state index in [1.54, 1.807) is 38.1 Å². The predicted molar refractivity (Wildman–Crippen MR) is 105 cm³/mol. The van der Waals surface area contributed by atoms with Gasteiger partial charge in [0.15, 0.2) is 0 Å². The lowest BCUT2D eigenvalue weighted by molar-refractivity contribution is 0.0950. The number of nitrogens with one attached hydrogen (secondary N) is 1. The van der Waals surface area contributed by atoms with Gasteiger partial charge in [0, 0.05) is 17.0 Å². The highest BCUT2D eigenvalue weighted by Crippen LogP contribution is 2.30. The quantitative estimate of drug-likeness (QED) is 0.712. The largest absolute Gasteiger partial charge is 0.349 e. The number of aromatic nitrogens is 2. The minimum Gasteiger partial charge on any atom is -0.349 e. The van der Waals surface area contributed by atoms with E-state index in [9.17, 15) is 17.6 Å². The second kappa shape index (κ2) is 6.70. The lowest BCUT2D eigenvalue weighted by Gasteiger charge is -2.11. The average Bonchev–Trinajstić information content (AvgIpc) is 3.38. The molecule has 0 atom stereocenters. The molecular formula is C20H20FN3O3S. The van der Waals surface area contributed by atoms with E-state index in [1.807, 2.05) is 0 Å². The van der Waals surface area contributed by atoms with Crippen LogP contribution in [0.5, 0.6) is 0 Å². The summed E-state index contributed by atoms with van der Waals surface area (Å²) >= 11 is 0. The number of hydrogen-bond acceptors (Lipinski definition) is 4. The first kappa shape index (κ1) is 18.6. The predicted octanol–water partition coefficient (Wildman–Crippen LogP) is 3.24. The summed E-state index contributed by atoms with van der Waals surface area (Å²) in [6.07, 6.45) is 3.38. The van der Waals surface area contributed by atoms with Gasteiger partial charge in [-0.25, -0.2) is 12.8 Å². The minimum absolute atomic E-state index is 0.0615. The van der Waals surface area contributed by atoms with Crippen LogP contribution in [0, 0.1) is 12.7 Å². The minimum atomic E-state index is -3.50. The summed E-state index contributed by atoms with van der Waals surface area (Å²) in [7, 11) is -3.50. The fraction of sp³-hybridized carbons (Fsp3) is 0.300. The Morgan fingerprint density at radius 1 is 1.29 bits per heavy atom. The number of nitrogens with zero attached hydrogens (tertiary/aromatic N) is 2. The van der Waals surface area contributed by atoms with Crippen LogP contribution in [0.15, 0.2) is 36.5 Å². The molecule has 6 nitrogen and oxygen atoms in total. The molecule has 1 N–H and O–H groups in total. The van der Waals surface area contributed by atoms with Crippen molar-refractivity contribution < 1.29 is 17.6 Å². The number of carbonyl (C=O) groups excluding carboxylic acids is 1. The van der Waals surface area contributed by atoms with E-state index in [-0.39, 0.29) is 23.3 Å². The van der Waals surface area contributed by atoms with E-state index in [2.05, 4.69) is 10.4 Å². The molecule has 0 unspecified atom stereocenters. The third-order valence-corrected chi connectivity index (χ3v) is 6.54. The maximum atomic E-state index is 14.5. The first-order valence-electron chi connectivity index (χ1n) is 9.12. The summed E-state index contributed by atoms with van der Waals surface area (Å²) in [6.45, 7) is 3.21. The first-order valence-corrected chi connectivity index (χ1v) is 10.7. The molecule has 0 spiro atoms. The van der Waals surface area contributed by atoms with Crippen molar-refractivity contribution in [1.82, 2.24) is 14.5 Å². The molecule has 0 radical (unpaired) electrons. The average molecular weight is 401 g/mol. The van der Waals surface area contributed by atoms with Gasteiger partial charge in [0.1, 0.15) is 5.82 Å². The molecule has 1 aliphatic carbocycles. The number of rotatable bonds is 5. The van der Waals surface area contributed by atoms with Crippen LogP contribution in [-0.2, 0) is 10.0 Å². The van der Waals surface area contributed by atoms with Gasteiger partial charge in [-0.15, -0.1) is 0 Å². The fourth-order valence-corrected chi connectivity index (χ4v) is 4.03. The van der Waals surface area contributed by atoms with Crippen molar-refractivity contribution in [3.8, 4) is 11.1 Å². The van der Waals surface area contributed by atoms with E-state index >= 15 is 0 Å². The molecule has 146 valence electrons. The van der Waals surface area contributed by atoms with Crippen LogP contribution in [-0.4, -0.2) is 35.3 Å². The van der Waals surface area contributed by atoms with Crippen molar-refractivity contribution in [1.29, 1.82) is 0 Å². The molecule has 1 saturated carbocycles. The zero-order valence-electron chi connectivity index (χ0n) is 15.6. The highest BCUT2D eigenvalue weighted by atomic mass is 32.2. The van der Waals surface area contributed by atoms with Gasteiger partial charge in [-0.3, -0.25) is 4.79 Å². The lowest BCUT2D eigenvalue weighted by Crippen LogP contribution is -2.25. The summed E-state index contributed by atoms with van der Waals surface area (Å²) < 4.78 is 39.8. The van der Waals surface area contributed by atoms with E-state index in [4.69, 9.17) is 0 Å². The van der Waals surface area contributed by atoms with Crippen molar-refractivity contribution in [3.63, 3.8) is 0 Å². The Hall–Kier alpha value is -2.74. The van der Waals surface area contributed by atoms with Gasteiger partial charge in [0.05, 0.1) is 17.5 Å². The van der Waals surface area contributed by atoms with E-state index in [0.717, 1.165) is 16.9 Å². The zero-order chi connectivity index (χ0) is 20.1. The highest BCUT2D eigenvalue weighted by molar-refractivity contribution is 7.89. The molecular weight excluding hydrogens is 381 g/mol. The molecule has 0 bridgehead atoms. The van der Waals surface area contributed by atoms with Gasteiger partial charge in [0.25, 0.3) is 15.9 Å². The van der Waals surface area contributed by atoms with Crippen LogP contribution in [0.1, 0.15) is 35.7 Å². The number of carbonyl (C=O) groups is 1. The van der Waals surface area contributed by atoms with Gasteiger partial charge in [0.2, 0.25) is 0 Å². The summed E-state index contributed by atoms with van der Waals surface area (Å²) in [4.78, 5) is 12.3. The maximum absolute atomic E-state index is 14.5. The maximum Gasteiger partial charge on any atom is 0.254 e. The molecule has 1 aromatic heterocycles. The second-order valence-corrected chi connectivity index (χ2v) is 9.13. The van der Waals surface area contributed by atoms with E-state index in [1.165, 1.54) is 12.3 Å². The topological polar surface area (TPSA) is 81.1 Å². The highest BCUT2D eigenvalue weighted by Gasteiger charge is 2.25. The third kappa shape index (κ3) is 3.28. The van der Waals surface area contributed by atoms with Crippen molar-refractivity contribution in [3.05, 3.63) is 53.5 Å². The number of halogens is 1. The van der Waals surface area contributed by atoms with Crippen LogP contribution < -0.4 is 5.32 Å². The molecule has 28 heavy (non-hydrogen) atoms. The number of hydrogen-bond donors (Lipinski definition) is 1. The van der Waals surface area contributed by atoms with Gasteiger partial charge in [-0.1, -0.05) is 6.07 Å². The molecule has 0 aliphatic heterocycles. The van der Waals surface area contributed by atoms with Crippen LogP contribution in [0.4, 0.5) is 4.39 Å².